The number of carbonyl (C=O) groups is 1. The van der Waals surface area contributed by atoms with E-state index in [-0.39, 0.29) is 5.91 Å². The monoisotopic (exact) mass is 399 g/mol. The number of nitrogens with zero attached hydrogens (tertiary/aromatic N) is 3. The van der Waals surface area contributed by atoms with Gasteiger partial charge in [-0.3, -0.25) is 9.69 Å². The van der Waals surface area contributed by atoms with Gasteiger partial charge in [-0.15, -0.1) is 0 Å². The van der Waals surface area contributed by atoms with Crippen LogP contribution in [0.3, 0.4) is 0 Å². The summed E-state index contributed by atoms with van der Waals surface area (Å²) in [7, 11) is 2.23. The van der Waals surface area contributed by atoms with Crippen LogP contribution in [0.15, 0.2) is 39.6 Å². The van der Waals surface area contributed by atoms with Crippen molar-refractivity contribution in [3.63, 3.8) is 0 Å². The van der Waals surface area contributed by atoms with Crippen LogP contribution in [0, 0.1) is 10.8 Å². The molecule has 0 aliphatic carbocycles. The molecule has 0 bridgehead atoms. The molecule has 1 atom stereocenters. The molecule has 5 heterocycles. The number of hydrogen-bond acceptors (Lipinski definition) is 5. The summed E-state index contributed by atoms with van der Waals surface area (Å²) in [6.07, 6.45) is 5.22. The van der Waals surface area contributed by atoms with E-state index in [1.165, 1.54) is 19.5 Å². The van der Waals surface area contributed by atoms with Crippen LogP contribution >= 0.6 is 11.3 Å². The van der Waals surface area contributed by atoms with E-state index < -0.39 is 0 Å². The molecule has 0 saturated carbocycles. The van der Waals surface area contributed by atoms with Crippen LogP contribution in [0.2, 0.25) is 0 Å². The van der Waals surface area contributed by atoms with E-state index in [0.717, 1.165) is 56.9 Å². The van der Waals surface area contributed by atoms with Crippen molar-refractivity contribution in [2.75, 3.05) is 46.3 Å². The topological polar surface area (TPSA) is 39.9 Å². The maximum Gasteiger partial charge on any atom is 0.254 e. The summed E-state index contributed by atoms with van der Waals surface area (Å²) in [5.41, 5.74) is 1.54. The molecule has 3 aliphatic rings. The Morgan fingerprint density at radius 3 is 2.71 bits per heavy atom. The van der Waals surface area contributed by atoms with Gasteiger partial charge in [-0.25, -0.2) is 0 Å². The molecule has 2 aromatic heterocycles. The van der Waals surface area contributed by atoms with Crippen molar-refractivity contribution in [2.45, 2.75) is 25.8 Å². The molecule has 2 aromatic rings. The Morgan fingerprint density at radius 2 is 2.00 bits per heavy atom. The Kier molecular flexibility index (Phi) is 4.61. The smallest absolute Gasteiger partial charge is 0.254 e. The molecular formula is C22H29N3O2S. The molecule has 2 spiro atoms. The van der Waals surface area contributed by atoms with Crippen molar-refractivity contribution >= 4 is 17.2 Å². The third-order valence-electron chi connectivity index (χ3n) is 7.28. The van der Waals surface area contributed by atoms with Crippen LogP contribution < -0.4 is 0 Å². The van der Waals surface area contributed by atoms with Crippen LogP contribution in [0.5, 0.6) is 0 Å². The van der Waals surface area contributed by atoms with Crippen molar-refractivity contribution in [3.8, 4) is 0 Å². The molecule has 5 nitrogen and oxygen atoms in total. The van der Waals surface area contributed by atoms with E-state index in [2.05, 4.69) is 27.8 Å². The van der Waals surface area contributed by atoms with E-state index in [1.54, 1.807) is 17.6 Å². The molecule has 28 heavy (non-hydrogen) atoms. The normalized spacial score (nSPS) is 28.0. The zero-order valence-corrected chi connectivity index (χ0v) is 17.4. The quantitative estimate of drug-likeness (QED) is 0.793. The predicted octanol–water partition coefficient (Wildman–Crippen LogP) is 3.40. The molecule has 3 fully saturated rings. The molecule has 150 valence electrons. The van der Waals surface area contributed by atoms with E-state index in [9.17, 15) is 4.79 Å². The number of carbonyl (C=O) groups excluding carboxylic acids is 1. The van der Waals surface area contributed by atoms with Crippen molar-refractivity contribution in [1.82, 2.24) is 14.7 Å². The predicted molar refractivity (Wildman–Crippen MR) is 110 cm³/mol. The molecule has 1 amide bonds. The highest BCUT2D eigenvalue weighted by Crippen LogP contribution is 2.57. The van der Waals surface area contributed by atoms with Crippen molar-refractivity contribution in [2.24, 2.45) is 10.8 Å². The van der Waals surface area contributed by atoms with Gasteiger partial charge in [0.1, 0.15) is 5.76 Å². The lowest BCUT2D eigenvalue weighted by Gasteiger charge is -2.56. The lowest BCUT2D eigenvalue weighted by Crippen LogP contribution is -2.63. The Hall–Kier alpha value is -1.63. The standard InChI is InChI=1S/C22H29N3O2S/c1-23-14-22(15-23)17-24(12-19-4-2-10-27-19)16-21(22)6-3-8-25(9-7-21)20(26)18-5-11-28-13-18/h2,4-5,10-11,13H,3,6-9,12,14-17H2,1H3. The summed E-state index contributed by atoms with van der Waals surface area (Å²) in [6, 6.07) is 6.02. The van der Waals surface area contributed by atoms with Gasteiger partial charge in [-0.05, 0) is 55.3 Å². The minimum atomic E-state index is 0.212. The zero-order valence-electron chi connectivity index (χ0n) is 16.6. The summed E-state index contributed by atoms with van der Waals surface area (Å²) in [6.45, 7) is 7.31. The number of hydrogen-bond donors (Lipinski definition) is 0. The largest absolute Gasteiger partial charge is 0.468 e. The molecule has 3 aliphatic heterocycles. The van der Waals surface area contributed by atoms with E-state index in [0.29, 0.717) is 10.8 Å². The number of furan rings is 1. The molecule has 5 rings (SSSR count). The van der Waals surface area contributed by atoms with E-state index >= 15 is 0 Å². The Morgan fingerprint density at radius 1 is 1.14 bits per heavy atom. The third-order valence-corrected chi connectivity index (χ3v) is 7.96. The van der Waals surface area contributed by atoms with Crippen LogP contribution in [0.1, 0.15) is 35.4 Å². The maximum atomic E-state index is 12.9. The highest BCUT2D eigenvalue weighted by atomic mass is 32.1. The minimum Gasteiger partial charge on any atom is -0.468 e. The molecule has 3 saturated heterocycles. The number of fused-ring (bicyclic) bond motifs is 1. The van der Waals surface area contributed by atoms with E-state index in [4.69, 9.17) is 4.42 Å². The zero-order chi connectivity index (χ0) is 19.2. The highest BCUT2D eigenvalue weighted by Gasteiger charge is 2.61. The molecule has 1 unspecified atom stereocenters. The van der Waals surface area contributed by atoms with Gasteiger partial charge in [-0.2, -0.15) is 11.3 Å². The van der Waals surface area contributed by atoms with Gasteiger partial charge < -0.3 is 14.2 Å². The van der Waals surface area contributed by atoms with Gasteiger partial charge in [0.15, 0.2) is 0 Å². The summed E-state index contributed by atoms with van der Waals surface area (Å²) in [5.74, 6) is 1.27. The number of amides is 1. The summed E-state index contributed by atoms with van der Waals surface area (Å²) >= 11 is 1.60. The van der Waals surface area contributed by atoms with Gasteiger partial charge in [0.2, 0.25) is 0 Å². The highest BCUT2D eigenvalue weighted by molar-refractivity contribution is 7.08. The number of thiophene rings is 1. The first kappa shape index (κ1) is 18.4. The Balaban J connectivity index is 1.34. The molecular weight excluding hydrogens is 370 g/mol. The summed E-state index contributed by atoms with van der Waals surface area (Å²) in [4.78, 5) is 20.0. The lowest BCUT2D eigenvalue weighted by molar-refractivity contribution is -0.0634. The second-order valence-electron chi connectivity index (χ2n) is 9.12. The first-order valence-electron chi connectivity index (χ1n) is 10.3. The van der Waals surface area contributed by atoms with Crippen LogP contribution in [0.25, 0.3) is 0 Å². The van der Waals surface area contributed by atoms with Crippen LogP contribution in [-0.2, 0) is 6.54 Å². The van der Waals surface area contributed by atoms with Gasteiger partial charge in [-0.1, -0.05) is 0 Å². The van der Waals surface area contributed by atoms with Gasteiger partial charge in [0.05, 0.1) is 18.4 Å². The third kappa shape index (κ3) is 3.02. The van der Waals surface area contributed by atoms with Gasteiger partial charge in [0, 0.05) is 50.1 Å². The molecule has 6 heteroatoms. The molecule has 0 radical (unpaired) electrons. The minimum absolute atomic E-state index is 0.212. The Bertz CT molecular complexity index is 813. The first-order chi connectivity index (χ1) is 13.6. The Labute approximate surface area is 170 Å². The second kappa shape index (κ2) is 7.01. The summed E-state index contributed by atoms with van der Waals surface area (Å²) < 4.78 is 5.62. The average Bonchev–Trinajstić information content (AvgIpc) is 3.36. The van der Waals surface area contributed by atoms with Crippen LogP contribution in [-0.4, -0.2) is 66.9 Å². The van der Waals surface area contributed by atoms with E-state index in [1.807, 2.05) is 22.9 Å². The first-order valence-corrected chi connectivity index (χ1v) is 11.3. The molecule has 0 N–H and O–H groups in total. The number of rotatable bonds is 3. The average molecular weight is 400 g/mol. The van der Waals surface area contributed by atoms with Gasteiger partial charge >= 0.3 is 0 Å². The fourth-order valence-electron chi connectivity index (χ4n) is 6.06. The SMILES string of the molecule is CN1CC2(C1)CN(Cc1ccco1)CC21CCCN(C(=O)c2ccsc2)CC1. The summed E-state index contributed by atoms with van der Waals surface area (Å²) in [5, 5.41) is 3.97. The van der Waals surface area contributed by atoms with Crippen molar-refractivity contribution < 1.29 is 9.21 Å². The second-order valence-corrected chi connectivity index (χ2v) is 9.90. The fourth-order valence-corrected chi connectivity index (χ4v) is 6.69. The van der Waals surface area contributed by atoms with Crippen LogP contribution in [0.4, 0.5) is 0 Å². The fraction of sp³-hybridized carbons (Fsp3) is 0.591. The lowest BCUT2D eigenvalue weighted by atomic mass is 9.58. The molecule has 0 aromatic carbocycles. The number of likely N-dealkylation sites (tertiary alicyclic amines) is 3. The van der Waals surface area contributed by atoms with Crippen molar-refractivity contribution in [3.05, 3.63) is 46.5 Å². The van der Waals surface area contributed by atoms with Gasteiger partial charge in [0.25, 0.3) is 5.91 Å². The van der Waals surface area contributed by atoms with Crippen molar-refractivity contribution in [1.29, 1.82) is 0 Å². The maximum absolute atomic E-state index is 12.9.